The quantitative estimate of drug-likeness (QED) is 0.886. The van der Waals surface area contributed by atoms with E-state index in [0.717, 1.165) is 17.0 Å². The number of aliphatic hydroxyl groups is 1. The van der Waals surface area contributed by atoms with Gasteiger partial charge >= 0.3 is 0 Å². The second-order valence-electron chi connectivity index (χ2n) is 4.34. The lowest BCUT2D eigenvalue weighted by Gasteiger charge is -2.21. The maximum atomic E-state index is 10.4. The standard InChI is InChI=1S/C13H15N3OS/c1-3-18-8-13(2,17)12-6-11-10(16-12)5-4-9(7-14)15-11/h4-6,16-17H,3,8H2,1-2H3. The Hall–Kier alpha value is -1.51. The fourth-order valence-corrected chi connectivity index (χ4v) is 2.50. The number of nitrogens with zero attached hydrogens (tertiary/aromatic N) is 2. The fraction of sp³-hybridized carbons (Fsp3) is 0.385. The van der Waals surface area contributed by atoms with E-state index < -0.39 is 5.60 Å². The molecule has 0 aliphatic carbocycles. The number of H-pyrrole nitrogens is 1. The predicted octanol–water partition coefficient (Wildman–Crippen LogP) is 2.40. The van der Waals surface area contributed by atoms with E-state index in [4.69, 9.17) is 5.26 Å². The van der Waals surface area contributed by atoms with Gasteiger partial charge in [-0.2, -0.15) is 17.0 Å². The summed E-state index contributed by atoms with van der Waals surface area (Å²) in [6, 6.07) is 7.30. The van der Waals surface area contributed by atoms with Crippen molar-refractivity contribution in [1.29, 1.82) is 5.26 Å². The van der Waals surface area contributed by atoms with Crippen LogP contribution in [0.3, 0.4) is 0 Å². The van der Waals surface area contributed by atoms with Gasteiger partial charge in [0.25, 0.3) is 0 Å². The van der Waals surface area contributed by atoms with Crippen LogP contribution in [0.5, 0.6) is 0 Å². The first-order chi connectivity index (χ1) is 8.56. The molecule has 2 N–H and O–H groups in total. The molecule has 0 aliphatic rings. The Morgan fingerprint density at radius 2 is 2.33 bits per heavy atom. The summed E-state index contributed by atoms with van der Waals surface area (Å²) >= 11 is 1.68. The van der Waals surface area contributed by atoms with E-state index >= 15 is 0 Å². The Morgan fingerprint density at radius 1 is 1.56 bits per heavy atom. The van der Waals surface area contributed by atoms with Crippen molar-refractivity contribution in [2.45, 2.75) is 19.4 Å². The van der Waals surface area contributed by atoms with Gasteiger partial charge in [0.1, 0.15) is 17.4 Å². The SMILES string of the molecule is CCSCC(C)(O)c1cc2nc(C#N)ccc2[nH]1. The van der Waals surface area contributed by atoms with Crippen molar-refractivity contribution in [2.24, 2.45) is 0 Å². The molecular weight excluding hydrogens is 246 g/mol. The zero-order valence-corrected chi connectivity index (χ0v) is 11.2. The van der Waals surface area contributed by atoms with E-state index in [1.165, 1.54) is 0 Å². The number of nitriles is 1. The van der Waals surface area contributed by atoms with Crippen LogP contribution in [0.1, 0.15) is 25.2 Å². The van der Waals surface area contributed by atoms with Crippen LogP contribution < -0.4 is 0 Å². The average Bonchev–Trinajstić information content (AvgIpc) is 2.79. The van der Waals surface area contributed by atoms with Crippen LogP contribution in [0.15, 0.2) is 18.2 Å². The lowest BCUT2D eigenvalue weighted by Crippen LogP contribution is -2.24. The lowest BCUT2D eigenvalue weighted by atomic mass is 10.1. The summed E-state index contributed by atoms with van der Waals surface area (Å²) in [5, 5.41) is 19.2. The highest BCUT2D eigenvalue weighted by Gasteiger charge is 2.25. The minimum atomic E-state index is -0.909. The van der Waals surface area contributed by atoms with Gasteiger partial charge in [-0.1, -0.05) is 6.92 Å². The molecule has 18 heavy (non-hydrogen) atoms. The molecule has 94 valence electrons. The van der Waals surface area contributed by atoms with Crippen LogP contribution in [-0.2, 0) is 5.60 Å². The number of aromatic nitrogens is 2. The van der Waals surface area contributed by atoms with Crippen LogP contribution in [0.25, 0.3) is 11.0 Å². The van der Waals surface area contributed by atoms with Crippen LogP contribution >= 0.6 is 11.8 Å². The minimum absolute atomic E-state index is 0.385. The molecule has 1 atom stereocenters. The normalized spacial score (nSPS) is 14.3. The van der Waals surface area contributed by atoms with Crippen molar-refractivity contribution in [1.82, 2.24) is 9.97 Å². The molecule has 2 heterocycles. The molecule has 1 unspecified atom stereocenters. The first kappa shape index (κ1) is 12.9. The summed E-state index contributed by atoms with van der Waals surface area (Å²) in [6.07, 6.45) is 0. The van der Waals surface area contributed by atoms with Crippen molar-refractivity contribution >= 4 is 22.8 Å². The lowest BCUT2D eigenvalue weighted by molar-refractivity contribution is 0.0800. The second kappa shape index (κ2) is 5.01. The Kier molecular flexibility index (Phi) is 3.60. The molecular formula is C13H15N3OS. The maximum Gasteiger partial charge on any atom is 0.141 e. The van der Waals surface area contributed by atoms with Gasteiger partial charge in [-0.25, -0.2) is 4.98 Å². The molecule has 0 spiro atoms. The summed E-state index contributed by atoms with van der Waals surface area (Å²) in [5.74, 6) is 1.59. The number of thioether (sulfide) groups is 1. The second-order valence-corrected chi connectivity index (χ2v) is 5.61. The van der Waals surface area contributed by atoms with Gasteiger partial charge in [0.2, 0.25) is 0 Å². The third kappa shape index (κ3) is 2.50. The molecule has 0 aromatic carbocycles. The largest absolute Gasteiger partial charge is 0.383 e. The Labute approximate surface area is 110 Å². The van der Waals surface area contributed by atoms with Crippen LogP contribution in [-0.4, -0.2) is 26.6 Å². The number of fused-ring (bicyclic) bond motifs is 1. The first-order valence-corrected chi connectivity index (χ1v) is 6.93. The summed E-state index contributed by atoms with van der Waals surface area (Å²) in [5.41, 5.74) is 1.77. The molecule has 2 aromatic rings. The number of pyridine rings is 1. The van der Waals surface area contributed by atoms with Crippen molar-refractivity contribution < 1.29 is 5.11 Å². The molecule has 2 aromatic heterocycles. The molecule has 4 nitrogen and oxygen atoms in total. The number of nitrogens with one attached hydrogen (secondary N) is 1. The van der Waals surface area contributed by atoms with Gasteiger partial charge in [0, 0.05) is 5.75 Å². The van der Waals surface area contributed by atoms with Crippen molar-refractivity contribution in [2.75, 3.05) is 11.5 Å². The highest BCUT2D eigenvalue weighted by atomic mass is 32.2. The van der Waals surface area contributed by atoms with Gasteiger partial charge in [-0.15, -0.1) is 0 Å². The number of aromatic amines is 1. The molecule has 0 aliphatic heterocycles. The summed E-state index contributed by atoms with van der Waals surface area (Å²) in [7, 11) is 0. The molecule has 0 amide bonds. The van der Waals surface area contributed by atoms with E-state index in [1.807, 2.05) is 18.2 Å². The first-order valence-electron chi connectivity index (χ1n) is 5.77. The van der Waals surface area contributed by atoms with Crippen LogP contribution in [0.2, 0.25) is 0 Å². The van der Waals surface area contributed by atoms with E-state index in [-0.39, 0.29) is 0 Å². The van der Waals surface area contributed by atoms with Crippen molar-refractivity contribution in [3.8, 4) is 6.07 Å². The Morgan fingerprint density at radius 3 is 3.00 bits per heavy atom. The van der Waals surface area contributed by atoms with Crippen LogP contribution in [0, 0.1) is 11.3 Å². The topological polar surface area (TPSA) is 72.7 Å². The minimum Gasteiger partial charge on any atom is -0.383 e. The van der Waals surface area contributed by atoms with Gasteiger partial charge in [0.15, 0.2) is 0 Å². The fourth-order valence-electron chi connectivity index (χ4n) is 1.74. The van der Waals surface area contributed by atoms with E-state index in [9.17, 15) is 5.11 Å². The summed E-state index contributed by atoms with van der Waals surface area (Å²) < 4.78 is 0. The Balaban J connectivity index is 2.38. The van der Waals surface area contributed by atoms with Crippen molar-refractivity contribution in [3.05, 3.63) is 29.6 Å². The monoisotopic (exact) mass is 261 g/mol. The van der Waals surface area contributed by atoms with Crippen molar-refractivity contribution in [3.63, 3.8) is 0 Å². The van der Waals surface area contributed by atoms with Gasteiger partial charge < -0.3 is 10.1 Å². The van der Waals surface area contributed by atoms with E-state index in [0.29, 0.717) is 17.0 Å². The highest BCUT2D eigenvalue weighted by Crippen LogP contribution is 2.27. The zero-order chi connectivity index (χ0) is 13.2. The zero-order valence-electron chi connectivity index (χ0n) is 10.4. The molecule has 0 saturated carbocycles. The predicted molar refractivity (Wildman–Crippen MR) is 73.4 cm³/mol. The van der Waals surface area contributed by atoms with Gasteiger partial charge in [-0.3, -0.25) is 0 Å². The van der Waals surface area contributed by atoms with Crippen LogP contribution in [0.4, 0.5) is 0 Å². The van der Waals surface area contributed by atoms with Gasteiger partial charge in [-0.05, 0) is 30.9 Å². The Bertz CT molecular complexity index is 598. The molecule has 0 radical (unpaired) electrons. The molecule has 0 bridgehead atoms. The maximum absolute atomic E-state index is 10.4. The summed E-state index contributed by atoms with van der Waals surface area (Å²) in [6.45, 7) is 3.85. The molecule has 0 saturated heterocycles. The van der Waals surface area contributed by atoms with E-state index in [1.54, 1.807) is 24.8 Å². The highest BCUT2D eigenvalue weighted by molar-refractivity contribution is 7.99. The number of hydrogen-bond donors (Lipinski definition) is 2. The third-order valence-electron chi connectivity index (χ3n) is 2.76. The number of hydrogen-bond acceptors (Lipinski definition) is 4. The van der Waals surface area contributed by atoms with Gasteiger partial charge in [0.05, 0.1) is 16.7 Å². The number of rotatable bonds is 4. The third-order valence-corrected chi connectivity index (χ3v) is 3.93. The molecule has 0 fully saturated rings. The molecule has 2 rings (SSSR count). The molecule has 5 heteroatoms. The average molecular weight is 261 g/mol. The smallest absolute Gasteiger partial charge is 0.141 e. The van der Waals surface area contributed by atoms with E-state index in [2.05, 4.69) is 16.9 Å². The summed E-state index contributed by atoms with van der Waals surface area (Å²) in [4.78, 5) is 7.36.